The van der Waals surface area contributed by atoms with Crippen LogP contribution in [0.2, 0.25) is 0 Å². The van der Waals surface area contributed by atoms with Crippen LogP contribution in [0, 0.1) is 17.0 Å². The fourth-order valence-electron chi connectivity index (χ4n) is 1.84. The third-order valence-electron chi connectivity index (χ3n) is 2.75. The van der Waals surface area contributed by atoms with Gasteiger partial charge in [-0.1, -0.05) is 6.07 Å². The van der Waals surface area contributed by atoms with Crippen LogP contribution in [0.5, 0.6) is 0 Å². The Kier molecular flexibility index (Phi) is 3.38. The van der Waals surface area contributed by atoms with Gasteiger partial charge in [0.2, 0.25) is 0 Å². The molecule has 0 radical (unpaired) electrons. The van der Waals surface area contributed by atoms with Crippen LogP contribution in [0.15, 0.2) is 30.6 Å². The van der Waals surface area contributed by atoms with Crippen molar-refractivity contribution < 1.29 is 4.92 Å². The first-order valence-corrected chi connectivity index (χ1v) is 5.61. The maximum Gasteiger partial charge on any atom is 0.271 e. The minimum absolute atomic E-state index is 0.0722. The number of non-ortho nitro benzene ring substituents is 1. The number of benzene rings is 1. The Labute approximate surface area is 104 Å². The van der Waals surface area contributed by atoms with Crippen LogP contribution in [0.4, 0.5) is 5.69 Å². The lowest BCUT2D eigenvalue weighted by atomic mass is 10.1. The third-order valence-corrected chi connectivity index (χ3v) is 2.75. The van der Waals surface area contributed by atoms with Gasteiger partial charge in [-0.2, -0.15) is 0 Å². The quantitative estimate of drug-likeness (QED) is 0.655. The molecule has 0 spiro atoms. The summed E-state index contributed by atoms with van der Waals surface area (Å²) in [5.41, 5.74) is 7.32. The van der Waals surface area contributed by atoms with E-state index in [0.29, 0.717) is 13.0 Å². The molecule has 2 aromatic rings. The highest BCUT2D eigenvalue weighted by molar-refractivity contribution is 5.49. The molecule has 6 nitrogen and oxygen atoms in total. The topological polar surface area (TPSA) is 87.0 Å². The molecule has 0 aliphatic rings. The summed E-state index contributed by atoms with van der Waals surface area (Å²) < 4.78 is 1.84. The second-order valence-corrected chi connectivity index (χ2v) is 3.98. The smallest absolute Gasteiger partial charge is 0.271 e. The van der Waals surface area contributed by atoms with Gasteiger partial charge in [0.1, 0.15) is 5.82 Å². The van der Waals surface area contributed by atoms with Crippen LogP contribution in [0.1, 0.15) is 11.4 Å². The number of hydrogen-bond donors (Lipinski definition) is 1. The van der Waals surface area contributed by atoms with Gasteiger partial charge in [0.25, 0.3) is 5.69 Å². The van der Waals surface area contributed by atoms with Gasteiger partial charge in [-0.15, -0.1) is 0 Å². The van der Waals surface area contributed by atoms with E-state index in [4.69, 9.17) is 5.73 Å². The van der Waals surface area contributed by atoms with E-state index in [1.807, 2.05) is 11.5 Å². The van der Waals surface area contributed by atoms with E-state index < -0.39 is 4.92 Å². The lowest BCUT2D eigenvalue weighted by Gasteiger charge is -2.10. The molecule has 1 aromatic carbocycles. The molecule has 0 aliphatic carbocycles. The van der Waals surface area contributed by atoms with Crippen LogP contribution >= 0.6 is 0 Å². The zero-order valence-corrected chi connectivity index (χ0v) is 10.0. The average molecular weight is 246 g/mol. The highest BCUT2D eigenvalue weighted by Crippen LogP contribution is 2.22. The zero-order chi connectivity index (χ0) is 13.1. The predicted octanol–water partition coefficient (Wildman–Crippen LogP) is 1.59. The van der Waals surface area contributed by atoms with Crippen molar-refractivity contribution in [2.45, 2.75) is 13.3 Å². The van der Waals surface area contributed by atoms with Gasteiger partial charge in [-0.05, 0) is 19.0 Å². The Morgan fingerprint density at radius 3 is 2.94 bits per heavy atom. The Hall–Kier alpha value is -2.21. The van der Waals surface area contributed by atoms with Crippen molar-refractivity contribution in [1.29, 1.82) is 0 Å². The van der Waals surface area contributed by atoms with Gasteiger partial charge in [-0.25, -0.2) is 4.98 Å². The lowest BCUT2D eigenvalue weighted by molar-refractivity contribution is -0.384. The minimum atomic E-state index is -0.400. The van der Waals surface area contributed by atoms with Crippen LogP contribution in [0.3, 0.4) is 0 Å². The Balaban J connectivity index is 2.52. The number of nitro benzene ring substituents is 1. The number of aryl methyl sites for hydroxylation is 1. The maximum absolute atomic E-state index is 10.8. The molecular formula is C12H14N4O2. The summed E-state index contributed by atoms with van der Waals surface area (Å²) >= 11 is 0. The molecule has 1 heterocycles. The summed E-state index contributed by atoms with van der Waals surface area (Å²) in [6.45, 7) is 2.40. The molecule has 0 amide bonds. The van der Waals surface area contributed by atoms with Crippen molar-refractivity contribution in [3.05, 3.63) is 52.1 Å². The standard InChI is InChI=1S/C12H14N4O2/c1-9-2-3-10(16(17)18)8-11(9)15-7-6-14-12(15)4-5-13/h2-3,6-8H,4-5,13H2,1H3. The number of nitrogens with two attached hydrogens (primary N) is 1. The van der Waals surface area contributed by atoms with E-state index in [2.05, 4.69) is 4.98 Å². The average Bonchev–Trinajstić information content (AvgIpc) is 2.78. The fraction of sp³-hybridized carbons (Fsp3) is 0.250. The molecule has 6 heteroatoms. The number of hydrogen-bond acceptors (Lipinski definition) is 4. The van der Waals surface area contributed by atoms with Crippen molar-refractivity contribution in [3.8, 4) is 5.69 Å². The highest BCUT2D eigenvalue weighted by atomic mass is 16.6. The monoisotopic (exact) mass is 246 g/mol. The molecule has 0 bridgehead atoms. The Morgan fingerprint density at radius 2 is 2.28 bits per heavy atom. The van der Waals surface area contributed by atoms with Crippen LogP contribution in [-0.2, 0) is 6.42 Å². The van der Waals surface area contributed by atoms with Crippen molar-refractivity contribution in [2.75, 3.05) is 6.54 Å². The summed E-state index contributed by atoms with van der Waals surface area (Å²) in [6, 6.07) is 4.79. The van der Waals surface area contributed by atoms with E-state index in [1.54, 1.807) is 24.5 Å². The summed E-state index contributed by atoms with van der Waals surface area (Å²) in [5, 5.41) is 10.8. The van der Waals surface area contributed by atoms with Crippen molar-refractivity contribution in [1.82, 2.24) is 9.55 Å². The number of nitrogens with zero attached hydrogens (tertiary/aromatic N) is 3. The van der Waals surface area contributed by atoms with Gasteiger partial charge in [0, 0.05) is 30.9 Å². The maximum atomic E-state index is 10.8. The highest BCUT2D eigenvalue weighted by Gasteiger charge is 2.12. The van der Waals surface area contributed by atoms with Gasteiger partial charge in [-0.3, -0.25) is 10.1 Å². The zero-order valence-electron chi connectivity index (χ0n) is 10.0. The normalized spacial score (nSPS) is 10.6. The number of aromatic nitrogens is 2. The largest absolute Gasteiger partial charge is 0.330 e. The second kappa shape index (κ2) is 4.97. The molecule has 0 atom stereocenters. The van der Waals surface area contributed by atoms with Gasteiger partial charge < -0.3 is 10.3 Å². The minimum Gasteiger partial charge on any atom is -0.330 e. The third kappa shape index (κ3) is 2.23. The molecule has 0 saturated heterocycles. The number of nitro groups is 1. The summed E-state index contributed by atoms with van der Waals surface area (Å²) in [5.74, 6) is 0.807. The molecule has 18 heavy (non-hydrogen) atoms. The number of imidazole rings is 1. The lowest BCUT2D eigenvalue weighted by Crippen LogP contribution is -2.09. The molecule has 0 fully saturated rings. The van der Waals surface area contributed by atoms with Crippen LogP contribution in [0.25, 0.3) is 5.69 Å². The van der Waals surface area contributed by atoms with Gasteiger partial charge in [0.15, 0.2) is 0 Å². The Bertz CT molecular complexity index is 577. The number of rotatable bonds is 4. The molecule has 0 unspecified atom stereocenters. The first-order valence-electron chi connectivity index (χ1n) is 5.61. The molecule has 0 saturated carbocycles. The first kappa shape index (κ1) is 12.3. The van der Waals surface area contributed by atoms with Gasteiger partial charge in [0.05, 0.1) is 10.6 Å². The first-order chi connectivity index (χ1) is 8.63. The summed E-state index contributed by atoms with van der Waals surface area (Å²) in [6.07, 6.45) is 4.09. The SMILES string of the molecule is Cc1ccc([N+](=O)[O-])cc1-n1ccnc1CCN. The molecule has 1 aromatic heterocycles. The van der Waals surface area contributed by atoms with E-state index >= 15 is 0 Å². The van der Waals surface area contributed by atoms with E-state index in [1.165, 1.54) is 6.07 Å². The summed E-state index contributed by atoms with van der Waals surface area (Å²) in [7, 11) is 0. The van der Waals surface area contributed by atoms with Crippen LogP contribution in [-0.4, -0.2) is 21.0 Å². The second-order valence-electron chi connectivity index (χ2n) is 3.98. The predicted molar refractivity (Wildman–Crippen MR) is 67.7 cm³/mol. The van der Waals surface area contributed by atoms with E-state index in [-0.39, 0.29) is 5.69 Å². The molecule has 94 valence electrons. The molecule has 0 aliphatic heterocycles. The van der Waals surface area contributed by atoms with Gasteiger partial charge >= 0.3 is 0 Å². The molecule has 2 N–H and O–H groups in total. The van der Waals surface area contributed by atoms with E-state index in [9.17, 15) is 10.1 Å². The van der Waals surface area contributed by atoms with E-state index in [0.717, 1.165) is 17.1 Å². The van der Waals surface area contributed by atoms with Crippen molar-refractivity contribution in [3.63, 3.8) is 0 Å². The molecule has 2 rings (SSSR count). The molecular weight excluding hydrogens is 232 g/mol. The fourth-order valence-corrected chi connectivity index (χ4v) is 1.84. The van der Waals surface area contributed by atoms with Crippen molar-refractivity contribution in [2.24, 2.45) is 5.73 Å². The Morgan fingerprint density at radius 1 is 1.50 bits per heavy atom. The summed E-state index contributed by atoms with van der Waals surface area (Å²) in [4.78, 5) is 14.6. The van der Waals surface area contributed by atoms with Crippen molar-refractivity contribution >= 4 is 5.69 Å². The van der Waals surface area contributed by atoms with Crippen LogP contribution < -0.4 is 5.73 Å².